The first-order valence-corrected chi connectivity index (χ1v) is 9.29. The van der Waals surface area contributed by atoms with Crippen molar-refractivity contribution in [2.24, 2.45) is 0 Å². The van der Waals surface area contributed by atoms with Crippen LogP contribution in [0, 0.1) is 5.82 Å². The summed E-state index contributed by atoms with van der Waals surface area (Å²) in [6.45, 7) is 0.284. The molecule has 1 aliphatic heterocycles. The van der Waals surface area contributed by atoms with Gasteiger partial charge in [-0.25, -0.2) is 4.39 Å². The number of halogens is 1. The van der Waals surface area contributed by atoms with Crippen molar-refractivity contribution in [2.75, 3.05) is 32.8 Å². The van der Waals surface area contributed by atoms with Crippen molar-refractivity contribution in [2.45, 2.75) is 12.5 Å². The second-order valence-electron chi connectivity index (χ2n) is 6.69. The van der Waals surface area contributed by atoms with Crippen molar-refractivity contribution in [1.29, 1.82) is 0 Å². The Morgan fingerprint density at radius 2 is 1.83 bits per heavy atom. The molecule has 1 saturated heterocycles. The number of methoxy groups -OCH3 is 3. The normalized spacial score (nSPS) is 16.1. The van der Waals surface area contributed by atoms with Gasteiger partial charge < -0.3 is 24.4 Å². The maximum atomic E-state index is 13.4. The number of benzene rings is 2. The smallest absolute Gasteiger partial charge is 0.244 e. The van der Waals surface area contributed by atoms with E-state index in [9.17, 15) is 14.0 Å². The van der Waals surface area contributed by atoms with Gasteiger partial charge in [-0.1, -0.05) is 6.07 Å². The Balaban J connectivity index is 1.66. The Morgan fingerprint density at radius 3 is 2.43 bits per heavy atom. The van der Waals surface area contributed by atoms with Gasteiger partial charge in [0.1, 0.15) is 5.82 Å². The molecule has 0 unspecified atom stereocenters. The summed E-state index contributed by atoms with van der Waals surface area (Å²) in [5.74, 6) is 0.486. The van der Waals surface area contributed by atoms with Crippen molar-refractivity contribution in [1.82, 2.24) is 5.32 Å². The Kier molecular flexibility index (Phi) is 6.56. The molecule has 1 atom stereocenters. The summed E-state index contributed by atoms with van der Waals surface area (Å²) in [6.07, 6.45) is 3.14. The lowest BCUT2D eigenvalue weighted by molar-refractivity contribution is -0.117. The maximum Gasteiger partial charge on any atom is 0.244 e. The first kappa shape index (κ1) is 21.2. The zero-order valence-electron chi connectivity index (χ0n) is 17.0. The first-order chi connectivity index (χ1) is 14.4. The maximum absolute atomic E-state index is 13.4. The third-order valence-corrected chi connectivity index (χ3v) is 4.71. The van der Waals surface area contributed by atoms with Crippen LogP contribution in [0.3, 0.4) is 0 Å². The molecule has 0 radical (unpaired) electrons. The number of nitrogens with one attached hydrogen (secondary N) is 1. The fourth-order valence-corrected chi connectivity index (χ4v) is 3.32. The lowest BCUT2D eigenvalue weighted by Crippen LogP contribution is -2.36. The summed E-state index contributed by atoms with van der Waals surface area (Å²) in [4.78, 5) is 26.1. The molecule has 0 aromatic heterocycles. The van der Waals surface area contributed by atoms with Crippen LogP contribution in [-0.4, -0.2) is 45.7 Å². The summed E-state index contributed by atoms with van der Waals surface area (Å²) in [5.41, 5.74) is 1.16. The van der Waals surface area contributed by atoms with Crippen molar-refractivity contribution < 1.29 is 28.2 Å². The quantitative estimate of drug-likeness (QED) is 0.705. The Bertz CT molecular complexity index is 951. The number of nitrogens with zero attached hydrogens (tertiary/aromatic N) is 1. The molecule has 2 aromatic carbocycles. The fourth-order valence-electron chi connectivity index (χ4n) is 3.32. The molecule has 3 rings (SSSR count). The molecule has 0 bridgehead atoms. The van der Waals surface area contributed by atoms with Gasteiger partial charge in [0.25, 0.3) is 0 Å². The van der Waals surface area contributed by atoms with E-state index < -0.39 is 5.82 Å². The topological polar surface area (TPSA) is 77.1 Å². The van der Waals surface area contributed by atoms with E-state index in [-0.39, 0.29) is 30.8 Å². The number of rotatable bonds is 7. The molecule has 158 valence electrons. The van der Waals surface area contributed by atoms with Crippen molar-refractivity contribution in [3.8, 4) is 17.2 Å². The van der Waals surface area contributed by atoms with Gasteiger partial charge in [0.2, 0.25) is 17.6 Å². The van der Waals surface area contributed by atoms with Gasteiger partial charge in [-0.3, -0.25) is 9.59 Å². The van der Waals surface area contributed by atoms with E-state index in [1.54, 1.807) is 30.3 Å². The average Bonchev–Trinajstić information content (AvgIpc) is 3.11. The van der Waals surface area contributed by atoms with Crippen LogP contribution in [-0.2, 0) is 9.59 Å². The number of amides is 2. The van der Waals surface area contributed by atoms with E-state index in [1.165, 1.54) is 44.4 Å². The van der Waals surface area contributed by atoms with Crippen LogP contribution in [0.2, 0.25) is 0 Å². The molecule has 0 spiro atoms. The number of hydrogen-bond donors (Lipinski definition) is 1. The molecule has 0 aliphatic carbocycles. The molecule has 0 saturated carbocycles. The summed E-state index contributed by atoms with van der Waals surface area (Å²) >= 11 is 0. The molecule has 1 N–H and O–H groups in total. The lowest BCUT2D eigenvalue weighted by Gasteiger charge is -2.17. The van der Waals surface area contributed by atoms with Gasteiger partial charge in [-0.2, -0.15) is 0 Å². The zero-order chi connectivity index (χ0) is 21.7. The van der Waals surface area contributed by atoms with Crippen LogP contribution in [0.5, 0.6) is 17.2 Å². The van der Waals surface area contributed by atoms with Gasteiger partial charge in [0, 0.05) is 24.7 Å². The highest BCUT2D eigenvalue weighted by Crippen LogP contribution is 2.38. The van der Waals surface area contributed by atoms with Gasteiger partial charge in [0.05, 0.1) is 27.4 Å². The molecule has 1 aliphatic rings. The summed E-state index contributed by atoms with van der Waals surface area (Å²) in [5, 5.41) is 2.80. The minimum atomic E-state index is -0.416. The van der Waals surface area contributed by atoms with Crippen molar-refractivity contribution >= 4 is 23.6 Å². The summed E-state index contributed by atoms with van der Waals surface area (Å²) in [7, 11) is 4.54. The highest BCUT2D eigenvalue weighted by atomic mass is 19.1. The standard InChI is InChI=1S/C22H23FN2O5/c1-28-18-9-14(10-19(29-2)22(18)30-3)7-8-20(26)24-16-12-21(27)25(13-16)17-6-4-5-15(23)11-17/h4-11,16H,12-13H2,1-3H3,(H,24,26)/b8-7+/t16-/m0/s1. The predicted molar refractivity (Wildman–Crippen MR) is 110 cm³/mol. The Morgan fingerprint density at radius 1 is 1.13 bits per heavy atom. The third kappa shape index (κ3) is 4.71. The van der Waals surface area contributed by atoms with Crippen LogP contribution >= 0.6 is 0 Å². The van der Waals surface area contributed by atoms with E-state index in [1.807, 2.05) is 0 Å². The third-order valence-electron chi connectivity index (χ3n) is 4.71. The van der Waals surface area contributed by atoms with E-state index >= 15 is 0 Å². The van der Waals surface area contributed by atoms with E-state index in [0.717, 1.165) is 0 Å². The molecular weight excluding hydrogens is 391 g/mol. The first-order valence-electron chi connectivity index (χ1n) is 9.29. The average molecular weight is 414 g/mol. The van der Waals surface area contributed by atoms with Crippen molar-refractivity contribution in [3.63, 3.8) is 0 Å². The SMILES string of the molecule is COc1cc(/C=C/C(=O)N[C@H]2CC(=O)N(c3cccc(F)c3)C2)cc(OC)c1OC. The van der Waals surface area contributed by atoms with Gasteiger partial charge in [0.15, 0.2) is 11.5 Å². The minimum absolute atomic E-state index is 0.153. The van der Waals surface area contributed by atoms with Crippen molar-refractivity contribution in [3.05, 3.63) is 53.9 Å². The molecular formula is C22H23FN2O5. The molecule has 8 heteroatoms. The van der Waals surface area contributed by atoms with E-state index in [0.29, 0.717) is 28.5 Å². The van der Waals surface area contributed by atoms with Crippen LogP contribution in [0.4, 0.5) is 10.1 Å². The highest BCUT2D eigenvalue weighted by Gasteiger charge is 2.31. The fraction of sp³-hybridized carbons (Fsp3) is 0.273. The van der Waals surface area contributed by atoms with Crippen LogP contribution < -0.4 is 24.4 Å². The Labute approximate surface area is 174 Å². The van der Waals surface area contributed by atoms with Gasteiger partial charge in [-0.15, -0.1) is 0 Å². The largest absolute Gasteiger partial charge is 0.493 e. The number of carbonyl (C=O) groups is 2. The number of ether oxygens (including phenoxy) is 3. The van der Waals surface area contributed by atoms with E-state index in [2.05, 4.69) is 5.32 Å². The molecule has 1 heterocycles. The van der Waals surface area contributed by atoms with Crippen LogP contribution in [0.15, 0.2) is 42.5 Å². The molecule has 1 fully saturated rings. The second kappa shape index (κ2) is 9.30. The Hall–Kier alpha value is -3.55. The van der Waals surface area contributed by atoms with Crippen LogP contribution in [0.1, 0.15) is 12.0 Å². The summed E-state index contributed by atoms with van der Waals surface area (Å²) in [6, 6.07) is 8.90. The number of hydrogen-bond acceptors (Lipinski definition) is 5. The number of carbonyl (C=O) groups excluding carboxylic acids is 2. The molecule has 30 heavy (non-hydrogen) atoms. The lowest BCUT2D eigenvalue weighted by atomic mass is 10.1. The molecule has 7 nitrogen and oxygen atoms in total. The monoisotopic (exact) mass is 414 g/mol. The summed E-state index contributed by atoms with van der Waals surface area (Å²) < 4.78 is 29.3. The second-order valence-corrected chi connectivity index (χ2v) is 6.69. The highest BCUT2D eigenvalue weighted by molar-refractivity contribution is 5.98. The zero-order valence-corrected chi connectivity index (χ0v) is 17.0. The number of anilines is 1. The van der Waals surface area contributed by atoms with E-state index in [4.69, 9.17) is 14.2 Å². The van der Waals surface area contributed by atoms with Crippen LogP contribution in [0.25, 0.3) is 6.08 Å². The molecule has 2 aromatic rings. The van der Waals surface area contributed by atoms with Gasteiger partial charge >= 0.3 is 0 Å². The minimum Gasteiger partial charge on any atom is -0.493 e. The predicted octanol–water partition coefficient (Wildman–Crippen LogP) is 2.79. The van der Waals surface area contributed by atoms with Gasteiger partial charge in [-0.05, 0) is 42.0 Å². The molecule has 2 amide bonds.